The number of fused-ring (bicyclic) bond motifs is 1. The van der Waals surface area contributed by atoms with E-state index in [2.05, 4.69) is 12.2 Å². The molecule has 0 fully saturated rings. The van der Waals surface area contributed by atoms with E-state index < -0.39 is 0 Å². The van der Waals surface area contributed by atoms with Gasteiger partial charge < -0.3 is 10.1 Å². The Morgan fingerprint density at radius 3 is 2.67 bits per heavy atom. The van der Waals surface area contributed by atoms with E-state index in [-0.39, 0.29) is 11.7 Å². The van der Waals surface area contributed by atoms with Crippen LogP contribution in [0.3, 0.4) is 0 Å². The number of carbonyl (C=O) groups is 1. The predicted molar refractivity (Wildman–Crippen MR) is 82.0 cm³/mol. The van der Waals surface area contributed by atoms with Crippen LogP contribution in [0.25, 0.3) is 10.8 Å². The van der Waals surface area contributed by atoms with Crippen LogP contribution in [-0.4, -0.2) is 25.7 Å². The lowest BCUT2D eigenvalue weighted by atomic mass is 10.0. The van der Waals surface area contributed by atoms with Gasteiger partial charge in [-0.2, -0.15) is 0 Å². The summed E-state index contributed by atoms with van der Waals surface area (Å²) in [6.45, 7) is 3.99. The van der Waals surface area contributed by atoms with Gasteiger partial charge in [-0.3, -0.25) is 4.79 Å². The zero-order chi connectivity index (χ0) is 15.1. The molecule has 0 spiro atoms. The van der Waals surface area contributed by atoms with E-state index in [1.54, 1.807) is 24.3 Å². The minimum absolute atomic E-state index is 0.179. The quantitative estimate of drug-likeness (QED) is 0.792. The van der Waals surface area contributed by atoms with E-state index in [0.717, 1.165) is 19.4 Å². The molecule has 1 amide bonds. The summed E-state index contributed by atoms with van der Waals surface area (Å²) < 4.78 is 19.1. The molecule has 0 bridgehead atoms. The molecule has 2 rings (SSSR count). The van der Waals surface area contributed by atoms with Crippen molar-refractivity contribution >= 4 is 16.7 Å². The highest BCUT2D eigenvalue weighted by atomic mass is 19.1. The first-order valence-corrected chi connectivity index (χ1v) is 7.27. The monoisotopic (exact) mass is 289 g/mol. The first-order valence-electron chi connectivity index (χ1n) is 7.27. The zero-order valence-corrected chi connectivity index (χ0v) is 12.2. The zero-order valence-electron chi connectivity index (χ0n) is 12.2. The fraction of sp³-hybridized carbons (Fsp3) is 0.353. The lowest BCUT2D eigenvalue weighted by Gasteiger charge is -2.09. The van der Waals surface area contributed by atoms with E-state index in [4.69, 9.17) is 4.74 Å². The third kappa shape index (κ3) is 4.02. The maximum atomic E-state index is 13.7. The third-order valence-electron chi connectivity index (χ3n) is 3.21. The van der Waals surface area contributed by atoms with E-state index >= 15 is 0 Å². The SMILES string of the molecule is CCCOCCCNC(=O)c1ccc(F)c2ccccc12. The van der Waals surface area contributed by atoms with E-state index in [1.165, 1.54) is 12.1 Å². The second-order valence-corrected chi connectivity index (χ2v) is 4.86. The molecule has 0 aliphatic carbocycles. The van der Waals surface area contributed by atoms with Gasteiger partial charge in [0.05, 0.1) is 0 Å². The van der Waals surface area contributed by atoms with Crippen molar-refractivity contribution in [3.05, 3.63) is 47.8 Å². The molecule has 0 saturated heterocycles. The van der Waals surface area contributed by atoms with E-state index in [0.29, 0.717) is 29.5 Å². The van der Waals surface area contributed by atoms with Crippen molar-refractivity contribution in [3.8, 4) is 0 Å². The molecule has 0 aliphatic rings. The normalized spacial score (nSPS) is 10.8. The van der Waals surface area contributed by atoms with Gasteiger partial charge in [-0.05, 0) is 30.4 Å². The molecular formula is C17H20FNO2. The van der Waals surface area contributed by atoms with Gasteiger partial charge >= 0.3 is 0 Å². The smallest absolute Gasteiger partial charge is 0.251 e. The molecule has 0 heterocycles. The van der Waals surface area contributed by atoms with Gasteiger partial charge in [-0.1, -0.05) is 31.2 Å². The number of rotatable bonds is 7. The summed E-state index contributed by atoms with van der Waals surface area (Å²) in [5, 5.41) is 3.95. The van der Waals surface area contributed by atoms with Crippen molar-refractivity contribution in [2.45, 2.75) is 19.8 Å². The minimum Gasteiger partial charge on any atom is -0.381 e. The predicted octanol–water partition coefficient (Wildman–Crippen LogP) is 3.53. The van der Waals surface area contributed by atoms with Crippen molar-refractivity contribution < 1.29 is 13.9 Å². The first-order chi connectivity index (χ1) is 10.2. The molecule has 0 saturated carbocycles. The molecule has 0 unspecified atom stereocenters. The van der Waals surface area contributed by atoms with E-state index in [9.17, 15) is 9.18 Å². The van der Waals surface area contributed by atoms with Crippen molar-refractivity contribution in [2.24, 2.45) is 0 Å². The standard InChI is InChI=1S/C17H20FNO2/c1-2-11-21-12-5-10-19-17(20)15-8-9-16(18)14-7-4-3-6-13(14)15/h3-4,6-9H,2,5,10-12H2,1H3,(H,19,20). The number of carbonyl (C=O) groups excluding carboxylic acids is 1. The molecule has 0 radical (unpaired) electrons. The molecule has 0 aliphatic heterocycles. The highest BCUT2D eigenvalue weighted by molar-refractivity contribution is 6.07. The number of hydrogen-bond acceptors (Lipinski definition) is 2. The maximum absolute atomic E-state index is 13.7. The van der Waals surface area contributed by atoms with Crippen LogP contribution >= 0.6 is 0 Å². The maximum Gasteiger partial charge on any atom is 0.251 e. The van der Waals surface area contributed by atoms with Crippen LogP contribution in [0.5, 0.6) is 0 Å². The summed E-state index contributed by atoms with van der Waals surface area (Å²) in [6.07, 6.45) is 1.76. The third-order valence-corrected chi connectivity index (χ3v) is 3.21. The Balaban J connectivity index is 1.98. The Morgan fingerprint density at radius 2 is 1.90 bits per heavy atom. The summed E-state index contributed by atoms with van der Waals surface area (Å²) in [7, 11) is 0. The van der Waals surface area contributed by atoms with Crippen molar-refractivity contribution in [1.82, 2.24) is 5.32 Å². The molecule has 1 N–H and O–H groups in total. The molecule has 2 aromatic rings. The second kappa shape index (κ2) is 7.74. The lowest BCUT2D eigenvalue weighted by Crippen LogP contribution is -2.25. The molecule has 0 aromatic heterocycles. The Kier molecular flexibility index (Phi) is 5.69. The fourth-order valence-corrected chi connectivity index (χ4v) is 2.18. The number of hydrogen-bond donors (Lipinski definition) is 1. The van der Waals surface area contributed by atoms with Crippen LogP contribution in [0.15, 0.2) is 36.4 Å². The van der Waals surface area contributed by atoms with Gasteiger partial charge in [0.2, 0.25) is 0 Å². The van der Waals surface area contributed by atoms with Crippen LogP contribution in [-0.2, 0) is 4.74 Å². The van der Waals surface area contributed by atoms with Crippen LogP contribution < -0.4 is 5.32 Å². The highest BCUT2D eigenvalue weighted by Gasteiger charge is 2.11. The molecule has 112 valence electrons. The topological polar surface area (TPSA) is 38.3 Å². The van der Waals surface area contributed by atoms with Crippen LogP contribution in [0.1, 0.15) is 30.1 Å². The summed E-state index contributed by atoms with van der Waals surface area (Å²) in [4.78, 5) is 12.2. The number of benzene rings is 2. The van der Waals surface area contributed by atoms with Crippen LogP contribution in [0, 0.1) is 5.82 Å². The van der Waals surface area contributed by atoms with Gasteiger partial charge in [-0.25, -0.2) is 4.39 Å². The van der Waals surface area contributed by atoms with Gasteiger partial charge in [0.1, 0.15) is 5.82 Å². The van der Waals surface area contributed by atoms with Gasteiger partial charge in [-0.15, -0.1) is 0 Å². The van der Waals surface area contributed by atoms with Crippen molar-refractivity contribution in [3.63, 3.8) is 0 Å². The largest absolute Gasteiger partial charge is 0.381 e. The Hall–Kier alpha value is -1.94. The highest BCUT2D eigenvalue weighted by Crippen LogP contribution is 2.21. The summed E-state index contributed by atoms with van der Waals surface area (Å²) in [5.41, 5.74) is 0.501. The van der Waals surface area contributed by atoms with E-state index in [1.807, 2.05) is 0 Å². The molecule has 4 heteroatoms. The first kappa shape index (κ1) is 15.4. The molecular weight excluding hydrogens is 269 g/mol. The number of ether oxygens (including phenoxy) is 1. The number of halogens is 1. The number of amides is 1. The second-order valence-electron chi connectivity index (χ2n) is 4.86. The summed E-state index contributed by atoms with van der Waals surface area (Å²) in [6, 6.07) is 9.87. The lowest BCUT2D eigenvalue weighted by molar-refractivity contribution is 0.0943. The average molecular weight is 289 g/mol. The molecule has 3 nitrogen and oxygen atoms in total. The van der Waals surface area contributed by atoms with Crippen LogP contribution in [0.2, 0.25) is 0 Å². The van der Waals surface area contributed by atoms with Gasteiger partial charge in [0.25, 0.3) is 5.91 Å². The van der Waals surface area contributed by atoms with Crippen molar-refractivity contribution in [1.29, 1.82) is 0 Å². The Labute approximate surface area is 124 Å². The van der Waals surface area contributed by atoms with Crippen LogP contribution in [0.4, 0.5) is 4.39 Å². The van der Waals surface area contributed by atoms with Crippen molar-refractivity contribution in [2.75, 3.05) is 19.8 Å². The minimum atomic E-state index is -0.310. The average Bonchev–Trinajstić information content (AvgIpc) is 2.51. The molecule has 2 aromatic carbocycles. The molecule has 0 atom stereocenters. The molecule has 21 heavy (non-hydrogen) atoms. The number of nitrogens with one attached hydrogen (secondary N) is 1. The summed E-state index contributed by atoms with van der Waals surface area (Å²) in [5.74, 6) is -0.489. The Morgan fingerprint density at radius 1 is 1.14 bits per heavy atom. The van der Waals surface area contributed by atoms with Gasteiger partial charge in [0, 0.05) is 30.7 Å². The van der Waals surface area contributed by atoms with Gasteiger partial charge in [0.15, 0.2) is 0 Å². The summed E-state index contributed by atoms with van der Waals surface area (Å²) >= 11 is 0. The fourth-order valence-electron chi connectivity index (χ4n) is 2.18. The Bertz CT molecular complexity index is 613.